The third-order valence-electron chi connectivity index (χ3n) is 5.39. The number of halogens is 3. The molecular weight excluding hydrogens is 407 g/mol. The van der Waals surface area contributed by atoms with Crippen molar-refractivity contribution in [3.05, 3.63) is 89.9 Å². The summed E-state index contributed by atoms with van der Waals surface area (Å²) in [6, 6.07) is 8.17. The van der Waals surface area contributed by atoms with Crippen LogP contribution in [0.1, 0.15) is 24.1 Å². The summed E-state index contributed by atoms with van der Waals surface area (Å²) in [7, 11) is 0. The van der Waals surface area contributed by atoms with Crippen molar-refractivity contribution in [1.82, 2.24) is 24.5 Å². The predicted molar refractivity (Wildman–Crippen MR) is 107 cm³/mol. The monoisotopic (exact) mass is 427 g/mol. The molecule has 2 heterocycles. The van der Waals surface area contributed by atoms with E-state index in [0.717, 1.165) is 17.7 Å². The molecule has 0 bridgehead atoms. The second kappa shape index (κ2) is 7.99. The number of rotatable bonds is 6. The van der Waals surface area contributed by atoms with Gasteiger partial charge in [-0.1, -0.05) is 6.07 Å². The van der Waals surface area contributed by atoms with Gasteiger partial charge in [0.15, 0.2) is 0 Å². The van der Waals surface area contributed by atoms with Crippen molar-refractivity contribution in [2.24, 2.45) is 0 Å². The lowest BCUT2D eigenvalue weighted by molar-refractivity contribution is -0.0368. The second-order valence-corrected chi connectivity index (χ2v) is 7.47. The summed E-state index contributed by atoms with van der Waals surface area (Å²) in [6.07, 6.45) is 4.42. The quantitative estimate of drug-likeness (QED) is 0.505. The maximum atomic E-state index is 14.7. The topological polar surface area (TPSA) is 68.8 Å². The first-order chi connectivity index (χ1) is 14.8. The molecule has 9 heteroatoms. The van der Waals surface area contributed by atoms with E-state index in [1.165, 1.54) is 40.2 Å². The number of aromatic nitrogens is 5. The molecule has 0 aliphatic rings. The fourth-order valence-electron chi connectivity index (χ4n) is 3.64. The molecule has 2 aromatic heterocycles. The van der Waals surface area contributed by atoms with Crippen LogP contribution in [0.15, 0.2) is 61.3 Å². The van der Waals surface area contributed by atoms with Gasteiger partial charge in [0.2, 0.25) is 0 Å². The van der Waals surface area contributed by atoms with Crippen LogP contribution in [0.2, 0.25) is 0 Å². The molecule has 0 radical (unpaired) electrons. The van der Waals surface area contributed by atoms with E-state index in [1.54, 1.807) is 25.3 Å². The van der Waals surface area contributed by atoms with Crippen LogP contribution in [0.4, 0.5) is 13.2 Å². The van der Waals surface area contributed by atoms with Gasteiger partial charge in [0, 0.05) is 23.4 Å². The molecule has 2 aromatic carbocycles. The molecule has 0 aliphatic carbocycles. The van der Waals surface area contributed by atoms with Crippen molar-refractivity contribution in [3.8, 4) is 11.3 Å². The van der Waals surface area contributed by atoms with E-state index >= 15 is 0 Å². The van der Waals surface area contributed by atoms with E-state index in [2.05, 4.69) is 15.2 Å². The summed E-state index contributed by atoms with van der Waals surface area (Å²) in [4.78, 5) is 3.87. The Morgan fingerprint density at radius 2 is 1.77 bits per heavy atom. The molecule has 0 unspecified atom stereocenters. The minimum atomic E-state index is -1.83. The molecule has 4 rings (SSSR count). The Labute approximate surface area is 176 Å². The number of nitrogens with zero attached hydrogens (tertiary/aromatic N) is 5. The van der Waals surface area contributed by atoms with E-state index in [0.29, 0.717) is 11.3 Å². The van der Waals surface area contributed by atoms with E-state index in [-0.39, 0.29) is 17.9 Å². The highest BCUT2D eigenvalue weighted by Crippen LogP contribution is 2.37. The third-order valence-corrected chi connectivity index (χ3v) is 5.39. The zero-order valence-electron chi connectivity index (χ0n) is 16.9. The maximum Gasteiger partial charge on any atom is 0.137 e. The van der Waals surface area contributed by atoms with E-state index in [1.807, 2.05) is 6.92 Å². The molecule has 0 saturated heterocycles. The lowest BCUT2D eigenvalue weighted by Gasteiger charge is -2.34. The molecule has 0 aliphatic heterocycles. The smallest absolute Gasteiger partial charge is 0.137 e. The van der Waals surface area contributed by atoms with E-state index in [9.17, 15) is 18.3 Å². The highest BCUT2D eigenvalue weighted by atomic mass is 19.1. The average Bonchev–Trinajstić information content (AvgIpc) is 3.37. The first-order valence-electron chi connectivity index (χ1n) is 9.60. The van der Waals surface area contributed by atoms with Crippen molar-refractivity contribution in [1.29, 1.82) is 0 Å². The lowest BCUT2D eigenvalue weighted by Crippen LogP contribution is -2.40. The first kappa shape index (κ1) is 20.8. The van der Waals surface area contributed by atoms with Crippen LogP contribution in [0.3, 0.4) is 0 Å². The predicted octanol–water partition coefficient (Wildman–Crippen LogP) is 4.02. The molecule has 2 atom stereocenters. The van der Waals surface area contributed by atoms with E-state index < -0.39 is 23.3 Å². The average molecular weight is 427 g/mol. The Hall–Kier alpha value is -3.46. The Morgan fingerprint density at radius 3 is 2.42 bits per heavy atom. The molecule has 0 amide bonds. The summed E-state index contributed by atoms with van der Waals surface area (Å²) in [6.45, 7) is 3.38. The normalized spacial score (nSPS) is 14.4. The van der Waals surface area contributed by atoms with Crippen molar-refractivity contribution in [3.63, 3.8) is 0 Å². The summed E-state index contributed by atoms with van der Waals surface area (Å²) >= 11 is 0. The van der Waals surface area contributed by atoms with Crippen molar-refractivity contribution in [2.45, 2.75) is 32.0 Å². The molecule has 0 fully saturated rings. The lowest BCUT2D eigenvalue weighted by atomic mass is 9.86. The van der Waals surface area contributed by atoms with Crippen LogP contribution in [-0.2, 0) is 12.1 Å². The van der Waals surface area contributed by atoms with Crippen LogP contribution in [0.5, 0.6) is 0 Å². The minimum absolute atomic E-state index is 0.0895. The molecule has 160 valence electrons. The van der Waals surface area contributed by atoms with Gasteiger partial charge in [-0.25, -0.2) is 22.8 Å². The number of benzene rings is 2. The Kier molecular flexibility index (Phi) is 5.36. The van der Waals surface area contributed by atoms with Crippen molar-refractivity contribution >= 4 is 0 Å². The highest BCUT2D eigenvalue weighted by molar-refractivity contribution is 5.62. The number of hydrogen-bond acceptors (Lipinski definition) is 4. The summed E-state index contributed by atoms with van der Waals surface area (Å²) in [5.41, 5.74) is 0.186. The number of aryl methyl sites for hydroxylation is 1. The van der Waals surface area contributed by atoms with Gasteiger partial charge in [-0.15, -0.1) is 0 Å². The van der Waals surface area contributed by atoms with Crippen LogP contribution in [0, 0.1) is 24.4 Å². The molecule has 31 heavy (non-hydrogen) atoms. The molecule has 1 N–H and O–H groups in total. The zero-order chi connectivity index (χ0) is 22.2. The van der Waals surface area contributed by atoms with Crippen molar-refractivity contribution in [2.75, 3.05) is 0 Å². The molecular formula is C22H20F3N5O. The summed E-state index contributed by atoms with van der Waals surface area (Å²) in [5, 5.41) is 20.3. The van der Waals surface area contributed by atoms with Gasteiger partial charge >= 0.3 is 0 Å². The summed E-state index contributed by atoms with van der Waals surface area (Å²) in [5.74, 6) is -1.98. The second-order valence-electron chi connectivity index (χ2n) is 7.47. The van der Waals surface area contributed by atoms with Gasteiger partial charge in [-0.05, 0) is 49.7 Å². The van der Waals surface area contributed by atoms with Gasteiger partial charge in [-0.3, -0.25) is 4.68 Å². The van der Waals surface area contributed by atoms with Gasteiger partial charge in [0.05, 0.1) is 18.3 Å². The van der Waals surface area contributed by atoms with Gasteiger partial charge in [0.1, 0.15) is 35.7 Å². The molecule has 0 spiro atoms. The molecule has 0 saturated carbocycles. The Balaban J connectivity index is 1.78. The van der Waals surface area contributed by atoms with E-state index in [4.69, 9.17) is 0 Å². The fourth-order valence-corrected chi connectivity index (χ4v) is 3.64. The largest absolute Gasteiger partial charge is 0.381 e. The Morgan fingerprint density at radius 1 is 1.06 bits per heavy atom. The zero-order valence-corrected chi connectivity index (χ0v) is 16.9. The fraction of sp³-hybridized carbons (Fsp3) is 0.227. The van der Waals surface area contributed by atoms with Crippen LogP contribution < -0.4 is 0 Å². The van der Waals surface area contributed by atoms with Crippen LogP contribution in [-0.4, -0.2) is 29.7 Å². The van der Waals surface area contributed by atoms with Gasteiger partial charge in [0.25, 0.3) is 0 Å². The molecule has 4 aromatic rings. The minimum Gasteiger partial charge on any atom is -0.381 e. The number of aliphatic hydroxyl groups is 1. The van der Waals surface area contributed by atoms with Crippen molar-refractivity contribution < 1.29 is 18.3 Å². The maximum absolute atomic E-state index is 14.7. The first-order valence-corrected chi connectivity index (χ1v) is 9.60. The van der Waals surface area contributed by atoms with Gasteiger partial charge in [-0.2, -0.15) is 10.2 Å². The standard InChI is InChI=1S/C22H20F3N5O/c1-14-10-30(28-21(14)16-3-5-17(23)6-4-16)15(2)22(31,11-29-13-26-12-27-29)19-8-7-18(24)9-20(19)25/h3-10,12-13,15,31H,11H2,1-2H3/t15-,22-/m1/s1. The summed E-state index contributed by atoms with van der Waals surface area (Å²) < 4.78 is 44.4. The van der Waals surface area contributed by atoms with Crippen LogP contribution >= 0.6 is 0 Å². The molecule has 6 nitrogen and oxygen atoms in total. The highest BCUT2D eigenvalue weighted by Gasteiger charge is 2.41. The van der Waals surface area contributed by atoms with Crippen LogP contribution in [0.25, 0.3) is 11.3 Å². The third kappa shape index (κ3) is 3.96. The van der Waals surface area contributed by atoms with Gasteiger partial charge < -0.3 is 5.11 Å². The SMILES string of the molecule is Cc1cn([C@H](C)[C@](O)(Cn2cncn2)c2ccc(F)cc2F)nc1-c1ccc(F)cc1. The number of hydrogen-bond donors (Lipinski definition) is 1. The Bertz CT molecular complexity index is 1190.